The van der Waals surface area contributed by atoms with E-state index in [2.05, 4.69) is 15.2 Å². The van der Waals surface area contributed by atoms with Gasteiger partial charge < -0.3 is 9.30 Å². The molecule has 0 fully saturated rings. The molecule has 84 valence electrons. The molecule has 0 radical (unpaired) electrons. The third-order valence-electron chi connectivity index (χ3n) is 2.26. The van der Waals surface area contributed by atoms with Gasteiger partial charge in [-0.1, -0.05) is 11.6 Å². The largest absolute Gasteiger partial charge is 0.482 e. The standard InChI is InChI=1S/C10H11ClN4O/c1-7-13-14-9(15(7)2)6-16-8-4-3-5-12-10(8)11/h3-5H,6H2,1-2H3. The van der Waals surface area contributed by atoms with Gasteiger partial charge in [-0.2, -0.15) is 0 Å². The summed E-state index contributed by atoms with van der Waals surface area (Å²) in [5.74, 6) is 2.14. The van der Waals surface area contributed by atoms with Gasteiger partial charge in [0.1, 0.15) is 12.4 Å². The molecule has 5 nitrogen and oxygen atoms in total. The highest BCUT2D eigenvalue weighted by Gasteiger charge is 2.07. The van der Waals surface area contributed by atoms with Crippen molar-refractivity contribution in [3.05, 3.63) is 35.1 Å². The molecular formula is C10H11ClN4O. The SMILES string of the molecule is Cc1nnc(COc2cccnc2Cl)n1C. The lowest BCUT2D eigenvalue weighted by Crippen LogP contribution is -2.04. The van der Waals surface area contributed by atoms with E-state index < -0.39 is 0 Å². The molecule has 16 heavy (non-hydrogen) atoms. The van der Waals surface area contributed by atoms with Gasteiger partial charge in [-0.05, 0) is 19.1 Å². The molecular weight excluding hydrogens is 228 g/mol. The van der Waals surface area contributed by atoms with E-state index in [1.165, 1.54) is 0 Å². The molecule has 0 aliphatic heterocycles. The van der Waals surface area contributed by atoms with Crippen LogP contribution in [0.4, 0.5) is 0 Å². The van der Waals surface area contributed by atoms with Gasteiger partial charge in [0.25, 0.3) is 0 Å². The summed E-state index contributed by atoms with van der Waals surface area (Å²) in [4.78, 5) is 3.92. The molecule has 0 aliphatic rings. The predicted octanol–water partition coefficient (Wildman–Crippen LogP) is 1.75. The van der Waals surface area contributed by atoms with Crippen molar-refractivity contribution in [2.45, 2.75) is 13.5 Å². The van der Waals surface area contributed by atoms with Crippen molar-refractivity contribution in [2.24, 2.45) is 7.05 Å². The van der Waals surface area contributed by atoms with Gasteiger partial charge in [-0.3, -0.25) is 0 Å². The number of hydrogen-bond acceptors (Lipinski definition) is 4. The Balaban J connectivity index is 2.08. The first-order valence-corrected chi connectivity index (χ1v) is 5.14. The Kier molecular flexibility index (Phi) is 3.05. The fourth-order valence-electron chi connectivity index (χ4n) is 1.20. The number of pyridine rings is 1. The molecule has 0 saturated heterocycles. The van der Waals surface area contributed by atoms with Crippen LogP contribution < -0.4 is 4.74 Å². The van der Waals surface area contributed by atoms with Gasteiger partial charge in [-0.15, -0.1) is 10.2 Å². The van der Waals surface area contributed by atoms with Gasteiger partial charge in [-0.25, -0.2) is 4.98 Å². The Morgan fingerprint density at radius 3 is 2.88 bits per heavy atom. The molecule has 2 aromatic heterocycles. The number of aromatic nitrogens is 4. The fourth-order valence-corrected chi connectivity index (χ4v) is 1.37. The lowest BCUT2D eigenvalue weighted by molar-refractivity contribution is 0.290. The van der Waals surface area contributed by atoms with Gasteiger partial charge in [0.15, 0.2) is 16.7 Å². The minimum absolute atomic E-state index is 0.322. The lowest BCUT2D eigenvalue weighted by atomic mass is 10.4. The van der Waals surface area contributed by atoms with Crippen LogP contribution in [0, 0.1) is 6.92 Å². The van der Waals surface area contributed by atoms with Crippen LogP contribution in [0.2, 0.25) is 5.15 Å². The first kappa shape index (κ1) is 10.9. The number of aryl methyl sites for hydroxylation is 1. The second-order valence-electron chi connectivity index (χ2n) is 3.30. The summed E-state index contributed by atoms with van der Waals surface area (Å²) in [5, 5.41) is 8.27. The zero-order chi connectivity index (χ0) is 11.5. The molecule has 6 heteroatoms. The third kappa shape index (κ3) is 2.14. The van der Waals surface area contributed by atoms with Crippen molar-refractivity contribution in [1.29, 1.82) is 0 Å². The minimum Gasteiger partial charge on any atom is -0.482 e. The van der Waals surface area contributed by atoms with E-state index in [1.54, 1.807) is 18.3 Å². The molecule has 0 aromatic carbocycles. The average Bonchev–Trinajstić information content (AvgIpc) is 2.59. The van der Waals surface area contributed by atoms with Gasteiger partial charge in [0.2, 0.25) is 0 Å². The number of nitrogens with zero attached hydrogens (tertiary/aromatic N) is 4. The Labute approximate surface area is 98.0 Å². The topological polar surface area (TPSA) is 52.8 Å². The zero-order valence-electron chi connectivity index (χ0n) is 9.01. The van der Waals surface area contributed by atoms with Crippen LogP contribution in [0.15, 0.2) is 18.3 Å². The summed E-state index contributed by atoms with van der Waals surface area (Å²) in [6.45, 7) is 2.20. The van der Waals surface area contributed by atoms with E-state index in [9.17, 15) is 0 Å². The van der Waals surface area contributed by atoms with Crippen LogP contribution in [0.25, 0.3) is 0 Å². The van der Waals surface area contributed by atoms with Crippen LogP contribution in [0.5, 0.6) is 5.75 Å². The van der Waals surface area contributed by atoms with Gasteiger partial charge >= 0.3 is 0 Å². The molecule has 2 rings (SSSR count). The fraction of sp³-hybridized carbons (Fsp3) is 0.300. The Hall–Kier alpha value is -1.62. The highest BCUT2D eigenvalue weighted by atomic mass is 35.5. The quantitative estimate of drug-likeness (QED) is 0.765. The van der Waals surface area contributed by atoms with Crippen molar-refractivity contribution in [3.8, 4) is 5.75 Å². The van der Waals surface area contributed by atoms with Crippen molar-refractivity contribution in [3.63, 3.8) is 0 Å². The summed E-state index contributed by atoms with van der Waals surface area (Å²) < 4.78 is 7.36. The van der Waals surface area contributed by atoms with Gasteiger partial charge in [0.05, 0.1) is 0 Å². The molecule has 0 amide bonds. The van der Waals surface area contributed by atoms with E-state index in [0.29, 0.717) is 17.5 Å². The third-order valence-corrected chi connectivity index (χ3v) is 2.55. The minimum atomic E-state index is 0.322. The van der Waals surface area contributed by atoms with Crippen molar-refractivity contribution >= 4 is 11.6 Å². The molecule has 0 bridgehead atoms. The van der Waals surface area contributed by atoms with Crippen molar-refractivity contribution < 1.29 is 4.74 Å². The van der Waals surface area contributed by atoms with E-state index in [-0.39, 0.29) is 0 Å². The maximum Gasteiger partial charge on any atom is 0.171 e. The maximum atomic E-state index is 5.86. The van der Waals surface area contributed by atoms with Crippen LogP contribution in [0.1, 0.15) is 11.6 Å². The first-order chi connectivity index (χ1) is 7.68. The molecule has 2 aromatic rings. The number of ether oxygens (including phenoxy) is 1. The van der Waals surface area contributed by atoms with E-state index in [1.807, 2.05) is 18.5 Å². The van der Waals surface area contributed by atoms with E-state index in [0.717, 1.165) is 11.6 Å². The summed E-state index contributed by atoms with van der Waals surface area (Å²) in [5.41, 5.74) is 0. The summed E-state index contributed by atoms with van der Waals surface area (Å²) in [6, 6.07) is 3.53. The molecule has 0 aliphatic carbocycles. The molecule has 0 unspecified atom stereocenters. The van der Waals surface area contributed by atoms with Crippen LogP contribution in [0.3, 0.4) is 0 Å². The average molecular weight is 239 g/mol. The smallest absolute Gasteiger partial charge is 0.171 e. The van der Waals surface area contributed by atoms with E-state index in [4.69, 9.17) is 16.3 Å². The number of halogens is 1. The number of rotatable bonds is 3. The first-order valence-electron chi connectivity index (χ1n) is 4.76. The molecule has 0 spiro atoms. The molecule has 0 N–H and O–H groups in total. The van der Waals surface area contributed by atoms with Crippen LogP contribution in [-0.4, -0.2) is 19.7 Å². The zero-order valence-corrected chi connectivity index (χ0v) is 9.77. The monoisotopic (exact) mass is 238 g/mol. The van der Waals surface area contributed by atoms with Crippen LogP contribution in [-0.2, 0) is 13.7 Å². The Morgan fingerprint density at radius 2 is 2.25 bits per heavy atom. The van der Waals surface area contributed by atoms with Crippen molar-refractivity contribution in [2.75, 3.05) is 0 Å². The molecule has 0 atom stereocenters. The summed E-state index contributed by atoms with van der Waals surface area (Å²) in [6.07, 6.45) is 1.61. The highest BCUT2D eigenvalue weighted by molar-refractivity contribution is 6.30. The van der Waals surface area contributed by atoms with Gasteiger partial charge in [0, 0.05) is 13.2 Å². The molecule has 0 saturated carbocycles. The van der Waals surface area contributed by atoms with E-state index >= 15 is 0 Å². The Morgan fingerprint density at radius 1 is 1.44 bits per heavy atom. The highest BCUT2D eigenvalue weighted by Crippen LogP contribution is 2.21. The molecule has 2 heterocycles. The number of hydrogen-bond donors (Lipinski definition) is 0. The lowest BCUT2D eigenvalue weighted by Gasteiger charge is -2.06. The second kappa shape index (κ2) is 4.49. The van der Waals surface area contributed by atoms with Crippen LogP contribution >= 0.6 is 11.6 Å². The normalized spacial score (nSPS) is 10.4. The maximum absolute atomic E-state index is 5.86. The summed E-state index contributed by atoms with van der Waals surface area (Å²) >= 11 is 5.86. The predicted molar refractivity (Wildman–Crippen MR) is 59.3 cm³/mol. The Bertz CT molecular complexity index is 497. The second-order valence-corrected chi connectivity index (χ2v) is 3.66. The van der Waals surface area contributed by atoms with Crippen molar-refractivity contribution in [1.82, 2.24) is 19.7 Å². The summed E-state index contributed by atoms with van der Waals surface area (Å²) in [7, 11) is 1.89.